The van der Waals surface area contributed by atoms with Crippen LogP contribution in [0, 0.1) is 17.1 Å². The summed E-state index contributed by atoms with van der Waals surface area (Å²) >= 11 is 6.05. The van der Waals surface area contributed by atoms with Crippen molar-refractivity contribution in [2.75, 3.05) is 0 Å². The second-order valence-corrected chi connectivity index (χ2v) is 3.83. The van der Waals surface area contributed by atoms with E-state index in [1.165, 1.54) is 16.8 Å². The number of nitrogens with zero attached hydrogens (tertiary/aromatic N) is 3. The van der Waals surface area contributed by atoms with Crippen LogP contribution in [-0.4, -0.2) is 9.78 Å². The Hall–Kier alpha value is -1.86. The first-order valence-electron chi connectivity index (χ1n) is 5.10. The topological polar surface area (TPSA) is 41.6 Å². The van der Waals surface area contributed by atoms with E-state index in [1.54, 1.807) is 12.1 Å². The van der Waals surface area contributed by atoms with Gasteiger partial charge in [0, 0.05) is 0 Å². The molecule has 1 aromatic carbocycles. The smallest absolute Gasteiger partial charge is 0.150 e. The molecule has 0 saturated heterocycles. The van der Waals surface area contributed by atoms with E-state index in [2.05, 4.69) is 5.10 Å². The average molecular weight is 250 g/mol. The number of aryl methyl sites for hydroxylation is 1. The first-order chi connectivity index (χ1) is 8.17. The Labute approximate surface area is 103 Å². The Balaban J connectivity index is 2.61. The highest BCUT2D eigenvalue weighted by atomic mass is 35.5. The molecule has 0 aliphatic rings. The summed E-state index contributed by atoms with van der Waals surface area (Å²) in [6.45, 7) is 1.88. The Bertz CT molecular complexity index is 598. The van der Waals surface area contributed by atoms with E-state index in [9.17, 15) is 4.39 Å². The molecule has 2 rings (SSSR count). The summed E-state index contributed by atoms with van der Waals surface area (Å²) in [5, 5.41) is 13.4. The van der Waals surface area contributed by atoms with Crippen LogP contribution in [0.2, 0.25) is 5.15 Å². The van der Waals surface area contributed by atoms with Crippen molar-refractivity contribution in [2.24, 2.45) is 0 Å². The molecule has 1 aromatic heterocycles. The highest BCUT2D eigenvalue weighted by Crippen LogP contribution is 2.23. The molecule has 0 N–H and O–H groups in total. The number of benzene rings is 1. The molecule has 0 aliphatic carbocycles. The van der Waals surface area contributed by atoms with Crippen molar-refractivity contribution in [3.8, 4) is 11.8 Å². The van der Waals surface area contributed by atoms with E-state index in [-0.39, 0.29) is 11.0 Å². The zero-order chi connectivity index (χ0) is 12.4. The van der Waals surface area contributed by atoms with E-state index in [1.807, 2.05) is 13.0 Å². The summed E-state index contributed by atoms with van der Waals surface area (Å²) in [6, 6.07) is 7.92. The molecule has 0 aliphatic heterocycles. The maximum Gasteiger partial charge on any atom is 0.150 e. The lowest BCUT2D eigenvalue weighted by molar-refractivity contribution is 0.625. The van der Waals surface area contributed by atoms with Crippen molar-refractivity contribution in [1.82, 2.24) is 9.78 Å². The predicted molar refractivity (Wildman–Crippen MR) is 62.6 cm³/mol. The molecule has 0 spiro atoms. The molecule has 5 heteroatoms. The Morgan fingerprint density at radius 2 is 2.29 bits per heavy atom. The molecule has 2 aromatic rings. The molecule has 3 nitrogen and oxygen atoms in total. The Morgan fingerprint density at radius 1 is 1.53 bits per heavy atom. The van der Waals surface area contributed by atoms with E-state index in [0.717, 1.165) is 0 Å². The maximum absolute atomic E-state index is 13.1. The van der Waals surface area contributed by atoms with Crippen LogP contribution in [0.5, 0.6) is 0 Å². The highest BCUT2D eigenvalue weighted by molar-refractivity contribution is 6.31. The van der Waals surface area contributed by atoms with Gasteiger partial charge in [0.05, 0.1) is 11.4 Å². The highest BCUT2D eigenvalue weighted by Gasteiger charge is 2.15. The molecule has 0 fully saturated rings. The lowest BCUT2D eigenvalue weighted by Crippen LogP contribution is -1.97. The van der Waals surface area contributed by atoms with E-state index < -0.39 is 0 Å². The average Bonchev–Trinajstić information content (AvgIpc) is 2.65. The number of hydrogen-bond donors (Lipinski definition) is 0. The fourth-order valence-electron chi connectivity index (χ4n) is 1.58. The largest absolute Gasteiger partial charge is 0.220 e. The first kappa shape index (κ1) is 11.6. The first-order valence-corrected chi connectivity index (χ1v) is 5.48. The third-order valence-corrected chi connectivity index (χ3v) is 2.75. The van der Waals surface area contributed by atoms with Crippen LogP contribution in [0.4, 0.5) is 4.39 Å². The number of nitriles is 1. The molecule has 0 saturated carbocycles. The molecule has 86 valence electrons. The molecule has 17 heavy (non-hydrogen) atoms. The van der Waals surface area contributed by atoms with Gasteiger partial charge in [-0.25, -0.2) is 9.07 Å². The molecule has 0 amide bonds. The van der Waals surface area contributed by atoms with Gasteiger partial charge in [-0.2, -0.15) is 10.4 Å². The van der Waals surface area contributed by atoms with Gasteiger partial charge in [0.1, 0.15) is 17.4 Å². The van der Waals surface area contributed by atoms with E-state index >= 15 is 0 Å². The van der Waals surface area contributed by atoms with Crippen molar-refractivity contribution in [1.29, 1.82) is 5.26 Å². The second-order valence-electron chi connectivity index (χ2n) is 3.47. The predicted octanol–water partition coefficient (Wildman–Crippen LogP) is 3.10. The number of rotatable bonds is 2. The molecule has 0 bridgehead atoms. The van der Waals surface area contributed by atoms with Crippen LogP contribution >= 0.6 is 11.6 Å². The molecule has 0 atom stereocenters. The van der Waals surface area contributed by atoms with Crippen LogP contribution in [0.15, 0.2) is 24.3 Å². The number of aromatic nitrogens is 2. The van der Waals surface area contributed by atoms with Crippen molar-refractivity contribution in [3.05, 3.63) is 46.5 Å². The van der Waals surface area contributed by atoms with E-state index in [0.29, 0.717) is 23.4 Å². The van der Waals surface area contributed by atoms with Gasteiger partial charge in [0.2, 0.25) is 0 Å². The zero-order valence-electron chi connectivity index (χ0n) is 9.11. The lowest BCUT2D eigenvalue weighted by atomic mass is 10.2. The van der Waals surface area contributed by atoms with Crippen LogP contribution < -0.4 is 0 Å². The van der Waals surface area contributed by atoms with Crippen molar-refractivity contribution in [2.45, 2.75) is 13.3 Å². The van der Waals surface area contributed by atoms with E-state index in [4.69, 9.17) is 16.9 Å². The van der Waals surface area contributed by atoms with Gasteiger partial charge in [-0.15, -0.1) is 0 Å². The van der Waals surface area contributed by atoms with Gasteiger partial charge in [0.25, 0.3) is 0 Å². The zero-order valence-corrected chi connectivity index (χ0v) is 9.87. The van der Waals surface area contributed by atoms with Crippen molar-refractivity contribution < 1.29 is 4.39 Å². The maximum atomic E-state index is 13.1. The third kappa shape index (κ3) is 2.02. The molecule has 1 heterocycles. The summed E-state index contributed by atoms with van der Waals surface area (Å²) < 4.78 is 14.5. The summed E-state index contributed by atoms with van der Waals surface area (Å²) in [5.41, 5.74) is 1.46. The fourth-order valence-corrected chi connectivity index (χ4v) is 1.86. The SMILES string of the molecule is CCc1nn(-c2cccc(F)c2)c(Cl)c1C#N. The monoisotopic (exact) mass is 249 g/mol. The third-order valence-electron chi connectivity index (χ3n) is 2.40. The van der Waals surface area contributed by atoms with Crippen molar-refractivity contribution >= 4 is 11.6 Å². The van der Waals surface area contributed by atoms with Gasteiger partial charge in [0.15, 0.2) is 5.15 Å². The van der Waals surface area contributed by atoms with Crippen LogP contribution in [-0.2, 0) is 6.42 Å². The van der Waals surface area contributed by atoms with Crippen LogP contribution in [0.25, 0.3) is 5.69 Å². The Kier molecular flexibility index (Phi) is 3.12. The minimum Gasteiger partial charge on any atom is -0.220 e. The fraction of sp³-hybridized carbons (Fsp3) is 0.167. The van der Waals surface area contributed by atoms with Gasteiger partial charge < -0.3 is 0 Å². The van der Waals surface area contributed by atoms with Crippen LogP contribution in [0.3, 0.4) is 0 Å². The molecular weight excluding hydrogens is 241 g/mol. The quantitative estimate of drug-likeness (QED) is 0.821. The Morgan fingerprint density at radius 3 is 2.82 bits per heavy atom. The molecule has 0 unspecified atom stereocenters. The van der Waals surface area contributed by atoms with Crippen molar-refractivity contribution in [3.63, 3.8) is 0 Å². The number of hydrogen-bond acceptors (Lipinski definition) is 2. The molecular formula is C12H9ClFN3. The molecule has 0 radical (unpaired) electrons. The minimum atomic E-state index is -0.370. The van der Waals surface area contributed by atoms with Gasteiger partial charge in [-0.3, -0.25) is 0 Å². The lowest BCUT2D eigenvalue weighted by Gasteiger charge is -2.02. The summed E-state index contributed by atoms with van der Waals surface area (Å²) in [6.07, 6.45) is 0.602. The minimum absolute atomic E-state index is 0.218. The standard InChI is InChI=1S/C12H9ClFN3/c1-2-11-10(7-15)12(13)17(16-11)9-5-3-4-8(14)6-9/h3-6H,2H2,1H3. The normalized spacial score (nSPS) is 10.2. The summed E-state index contributed by atoms with van der Waals surface area (Å²) in [4.78, 5) is 0. The number of halogens is 2. The van der Waals surface area contributed by atoms with Gasteiger partial charge >= 0.3 is 0 Å². The van der Waals surface area contributed by atoms with Gasteiger partial charge in [-0.05, 0) is 24.6 Å². The summed E-state index contributed by atoms with van der Waals surface area (Å²) in [7, 11) is 0. The summed E-state index contributed by atoms with van der Waals surface area (Å²) in [5.74, 6) is -0.370. The second kappa shape index (κ2) is 4.56. The van der Waals surface area contributed by atoms with Crippen LogP contribution in [0.1, 0.15) is 18.2 Å². The van der Waals surface area contributed by atoms with Gasteiger partial charge in [-0.1, -0.05) is 24.6 Å².